The number of carbonyl (C=O) groups is 1. The fraction of sp³-hybridized carbons (Fsp3) is 0.0526. The SMILES string of the molecule is CC(=O)n1c(-c2ccc(F)cc2)c(-c2ccc(F)cc2)ccc1=O. The molecule has 24 heavy (non-hydrogen) atoms. The number of benzene rings is 2. The Morgan fingerprint density at radius 3 is 1.79 bits per heavy atom. The lowest BCUT2D eigenvalue weighted by atomic mass is 9.98. The van der Waals surface area contributed by atoms with Gasteiger partial charge < -0.3 is 0 Å². The van der Waals surface area contributed by atoms with Gasteiger partial charge >= 0.3 is 0 Å². The molecule has 1 aromatic heterocycles. The molecule has 2 aromatic carbocycles. The van der Waals surface area contributed by atoms with Gasteiger partial charge in [-0.3, -0.25) is 9.59 Å². The Morgan fingerprint density at radius 2 is 1.29 bits per heavy atom. The molecule has 0 N–H and O–H groups in total. The second-order valence-electron chi connectivity index (χ2n) is 5.30. The molecule has 5 heteroatoms. The van der Waals surface area contributed by atoms with Crippen LogP contribution in [0.3, 0.4) is 0 Å². The molecule has 0 saturated carbocycles. The van der Waals surface area contributed by atoms with Gasteiger partial charge in [-0.25, -0.2) is 13.3 Å². The summed E-state index contributed by atoms with van der Waals surface area (Å²) in [5.41, 5.74) is 1.61. The van der Waals surface area contributed by atoms with Crippen molar-refractivity contribution in [1.29, 1.82) is 0 Å². The zero-order chi connectivity index (χ0) is 17.3. The minimum absolute atomic E-state index is 0.349. The van der Waals surface area contributed by atoms with Crippen LogP contribution in [0, 0.1) is 11.6 Å². The van der Waals surface area contributed by atoms with E-state index in [2.05, 4.69) is 0 Å². The molecule has 0 aliphatic heterocycles. The predicted octanol–water partition coefficient (Wildman–Crippen LogP) is 4.12. The number of hydrogen-bond donors (Lipinski definition) is 0. The molecule has 0 radical (unpaired) electrons. The van der Waals surface area contributed by atoms with Crippen molar-refractivity contribution in [3.63, 3.8) is 0 Å². The predicted molar refractivity (Wildman–Crippen MR) is 87.8 cm³/mol. The molecular formula is C19H13F2NO2. The van der Waals surface area contributed by atoms with Crippen molar-refractivity contribution in [2.24, 2.45) is 0 Å². The summed E-state index contributed by atoms with van der Waals surface area (Å²) in [6.45, 7) is 1.28. The summed E-state index contributed by atoms with van der Waals surface area (Å²) >= 11 is 0. The molecule has 3 rings (SSSR count). The number of carbonyl (C=O) groups excluding carboxylic acids is 1. The fourth-order valence-electron chi connectivity index (χ4n) is 2.61. The van der Waals surface area contributed by atoms with Gasteiger partial charge in [-0.1, -0.05) is 12.1 Å². The van der Waals surface area contributed by atoms with Crippen molar-refractivity contribution in [3.05, 3.63) is 82.7 Å². The number of halogens is 2. The van der Waals surface area contributed by atoms with Crippen molar-refractivity contribution in [3.8, 4) is 22.4 Å². The summed E-state index contributed by atoms with van der Waals surface area (Å²) in [5, 5.41) is 0. The number of rotatable bonds is 2. The van der Waals surface area contributed by atoms with Gasteiger partial charge in [0.2, 0.25) is 5.91 Å². The summed E-state index contributed by atoms with van der Waals surface area (Å²) < 4.78 is 27.5. The highest BCUT2D eigenvalue weighted by atomic mass is 19.1. The standard InChI is InChI=1S/C19H13F2NO2/c1-12(23)22-18(24)11-10-17(13-2-6-15(20)7-3-13)19(22)14-4-8-16(21)9-5-14/h2-11H,1H3. The van der Waals surface area contributed by atoms with Gasteiger partial charge in [0.15, 0.2) is 0 Å². The fourth-order valence-corrected chi connectivity index (χ4v) is 2.61. The third kappa shape index (κ3) is 2.88. The number of aromatic nitrogens is 1. The van der Waals surface area contributed by atoms with Crippen LogP contribution >= 0.6 is 0 Å². The topological polar surface area (TPSA) is 39.1 Å². The molecule has 3 nitrogen and oxygen atoms in total. The summed E-state index contributed by atoms with van der Waals surface area (Å²) in [4.78, 5) is 24.2. The quantitative estimate of drug-likeness (QED) is 0.711. The molecule has 0 aliphatic carbocycles. The van der Waals surface area contributed by atoms with Crippen LogP contribution in [-0.2, 0) is 0 Å². The molecule has 0 atom stereocenters. The average Bonchev–Trinajstić information content (AvgIpc) is 2.56. The molecule has 120 valence electrons. The molecular weight excluding hydrogens is 312 g/mol. The van der Waals surface area contributed by atoms with E-state index < -0.39 is 17.3 Å². The van der Waals surface area contributed by atoms with E-state index in [1.807, 2.05) is 0 Å². The maximum absolute atomic E-state index is 13.2. The minimum atomic E-state index is -0.479. The van der Waals surface area contributed by atoms with Crippen LogP contribution in [-0.4, -0.2) is 10.5 Å². The lowest BCUT2D eigenvalue weighted by Crippen LogP contribution is -2.26. The highest BCUT2D eigenvalue weighted by molar-refractivity contribution is 5.89. The van der Waals surface area contributed by atoms with E-state index in [9.17, 15) is 18.4 Å². The Balaban J connectivity index is 2.35. The van der Waals surface area contributed by atoms with Gasteiger partial charge in [-0.2, -0.15) is 0 Å². The Labute approximate surface area is 136 Å². The van der Waals surface area contributed by atoms with Crippen LogP contribution < -0.4 is 5.56 Å². The van der Waals surface area contributed by atoms with Crippen LogP contribution in [0.5, 0.6) is 0 Å². The van der Waals surface area contributed by atoms with E-state index in [0.717, 1.165) is 4.57 Å². The van der Waals surface area contributed by atoms with Crippen molar-refractivity contribution in [2.75, 3.05) is 0 Å². The van der Waals surface area contributed by atoms with Crippen LogP contribution in [0.1, 0.15) is 11.7 Å². The first-order chi connectivity index (χ1) is 11.5. The maximum Gasteiger partial charge on any atom is 0.257 e. The van der Waals surface area contributed by atoms with Crippen molar-refractivity contribution in [2.45, 2.75) is 6.92 Å². The molecule has 0 unspecified atom stereocenters. The molecule has 0 aliphatic rings. The van der Waals surface area contributed by atoms with Crippen LogP contribution in [0.15, 0.2) is 65.5 Å². The largest absolute Gasteiger partial charge is 0.274 e. The Morgan fingerprint density at radius 1 is 0.792 bits per heavy atom. The molecule has 0 spiro atoms. The van der Waals surface area contributed by atoms with Crippen molar-refractivity contribution >= 4 is 5.91 Å². The number of hydrogen-bond acceptors (Lipinski definition) is 2. The molecule has 0 saturated heterocycles. The first kappa shape index (κ1) is 15.8. The van der Waals surface area contributed by atoms with Crippen LogP contribution in [0.25, 0.3) is 22.4 Å². The first-order valence-electron chi connectivity index (χ1n) is 7.26. The summed E-state index contributed by atoms with van der Waals surface area (Å²) in [5.74, 6) is -1.26. The third-order valence-corrected chi connectivity index (χ3v) is 3.68. The number of nitrogens with zero attached hydrogens (tertiary/aromatic N) is 1. The van der Waals surface area contributed by atoms with Gasteiger partial charge in [0.1, 0.15) is 11.6 Å². The normalized spacial score (nSPS) is 10.6. The lowest BCUT2D eigenvalue weighted by Gasteiger charge is -2.15. The Bertz CT molecular complexity index is 958. The van der Waals surface area contributed by atoms with E-state index in [1.165, 1.54) is 49.4 Å². The van der Waals surface area contributed by atoms with Gasteiger partial charge in [-0.15, -0.1) is 0 Å². The van der Waals surface area contributed by atoms with E-state index in [4.69, 9.17) is 0 Å². The van der Waals surface area contributed by atoms with E-state index in [0.29, 0.717) is 22.4 Å². The van der Waals surface area contributed by atoms with Crippen LogP contribution in [0.2, 0.25) is 0 Å². The average molecular weight is 325 g/mol. The Hall–Kier alpha value is -3.08. The van der Waals surface area contributed by atoms with Crippen LogP contribution in [0.4, 0.5) is 8.78 Å². The minimum Gasteiger partial charge on any atom is -0.274 e. The van der Waals surface area contributed by atoms with Gasteiger partial charge in [0.25, 0.3) is 5.56 Å². The van der Waals surface area contributed by atoms with E-state index in [-0.39, 0.29) is 5.82 Å². The van der Waals surface area contributed by atoms with Gasteiger partial charge in [0, 0.05) is 18.6 Å². The third-order valence-electron chi connectivity index (χ3n) is 3.68. The summed E-state index contributed by atoms with van der Waals surface area (Å²) in [6, 6.07) is 14.1. The van der Waals surface area contributed by atoms with Gasteiger partial charge in [-0.05, 0) is 53.6 Å². The second kappa shape index (κ2) is 6.20. The zero-order valence-electron chi connectivity index (χ0n) is 12.8. The monoisotopic (exact) mass is 325 g/mol. The first-order valence-corrected chi connectivity index (χ1v) is 7.26. The molecule has 0 amide bonds. The van der Waals surface area contributed by atoms with Crippen molar-refractivity contribution < 1.29 is 13.6 Å². The smallest absolute Gasteiger partial charge is 0.257 e. The van der Waals surface area contributed by atoms with E-state index in [1.54, 1.807) is 18.2 Å². The molecule has 0 bridgehead atoms. The highest BCUT2D eigenvalue weighted by Gasteiger charge is 2.16. The van der Waals surface area contributed by atoms with Gasteiger partial charge in [0.05, 0.1) is 5.69 Å². The maximum atomic E-state index is 13.2. The summed E-state index contributed by atoms with van der Waals surface area (Å²) in [6.07, 6.45) is 0. The molecule has 3 aromatic rings. The summed E-state index contributed by atoms with van der Waals surface area (Å²) in [7, 11) is 0. The van der Waals surface area contributed by atoms with E-state index >= 15 is 0 Å². The van der Waals surface area contributed by atoms with Crippen molar-refractivity contribution in [1.82, 2.24) is 4.57 Å². The number of pyridine rings is 1. The molecule has 0 fully saturated rings. The lowest BCUT2D eigenvalue weighted by molar-refractivity contribution is 0.0934. The Kier molecular flexibility index (Phi) is 4.08. The zero-order valence-corrected chi connectivity index (χ0v) is 12.8. The second-order valence-corrected chi connectivity index (χ2v) is 5.30. The highest BCUT2D eigenvalue weighted by Crippen LogP contribution is 2.31. The molecule has 1 heterocycles.